The number of carbonyl (C=O) groups is 2. The molecule has 1 saturated heterocycles. The molecule has 7 nitrogen and oxygen atoms in total. The Hall–Kier alpha value is -3.42. The Bertz CT molecular complexity index is 1130. The average Bonchev–Trinajstić information content (AvgIpc) is 3.23. The second kappa shape index (κ2) is 10.0. The van der Waals surface area contributed by atoms with Gasteiger partial charge in [0.1, 0.15) is 11.6 Å². The topological polar surface area (TPSA) is 81.3 Å². The van der Waals surface area contributed by atoms with Crippen molar-refractivity contribution in [3.63, 3.8) is 0 Å². The van der Waals surface area contributed by atoms with E-state index in [1.807, 2.05) is 36.9 Å². The van der Waals surface area contributed by atoms with Gasteiger partial charge in [-0.05, 0) is 56.5 Å². The number of fused-ring (bicyclic) bond motifs is 1. The Morgan fingerprint density at radius 2 is 1.88 bits per heavy atom. The lowest BCUT2D eigenvalue weighted by atomic mass is 9.96. The maximum absolute atomic E-state index is 13.9. The Kier molecular flexibility index (Phi) is 6.91. The van der Waals surface area contributed by atoms with Crippen molar-refractivity contribution >= 4 is 28.7 Å². The minimum absolute atomic E-state index is 0.0321. The van der Waals surface area contributed by atoms with Crippen molar-refractivity contribution < 1.29 is 14.0 Å². The van der Waals surface area contributed by atoms with Crippen LogP contribution in [0.4, 0.5) is 14.9 Å². The molecule has 3 amide bonds. The van der Waals surface area contributed by atoms with Gasteiger partial charge in [-0.25, -0.2) is 14.2 Å². The third-order valence-corrected chi connectivity index (χ3v) is 6.28. The van der Waals surface area contributed by atoms with Gasteiger partial charge in [-0.3, -0.25) is 4.79 Å². The number of piperidine rings is 1. The van der Waals surface area contributed by atoms with Crippen LogP contribution in [0.3, 0.4) is 0 Å². The molecule has 0 bridgehead atoms. The molecule has 0 aliphatic carbocycles. The molecule has 2 aromatic carbocycles. The highest BCUT2D eigenvalue weighted by Gasteiger charge is 2.29. The number of carbonyl (C=O) groups excluding carboxylic acids is 2. The summed E-state index contributed by atoms with van der Waals surface area (Å²) in [5.74, 6) is 0.259. The number of aromatic nitrogens is 2. The number of anilines is 1. The Morgan fingerprint density at radius 1 is 1.15 bits per heavy atom. The molecule has 0 saturated carbocycles. The molecule has 1 aliphatic heterocycles. The molecular weight excluding hydrogens is 421 g/mol. The number of nitrogens with zero attached hydrogens (tertiary/aromatic N) is 3. The number of amides is 3. The van der Waals surface area contributed by atoms with Crippen LogP contribution in [0, 0.1) is 11.7 Å². The summed E-state index contributed by atoms with van der Waals surface area (Å²) >= 11 is 0. The molecule has 2 heterocycles. The molecule has 4 rings (SSSR count). The second-order valence-corrected chi connectivity index (χ2v) is 8.39. The molecule has 0 atom stereocenters. The van der Waals surface area contributed by atoms with Crippen LogP contribution in [0.2, 0.25) is 0 Å². The Balaban J connectivity index is 1.36. The minimum Gasteiger partial charge on any atom is -0.342 e. The molecule has 1 aromatic heterocycles. The van der Waals surface area contributed by atoms with E-state index < -0.39 is 0 Å². The highest BCUT2D eigenvalue weighted by Crippen LogP contribution is 2.23. The predicted octanol–water partition coefficient (Wildman–Crippen LogP) is 4.41. The number of hydrogen-bond donors (Lipinski definition) is 2. The van der Waals surface area contributed by atoms with Crippen LogP contribution in [-0.4, -0.2) is 57.9 Å². The molecule has 174 valence electrons. The Labute approximate surface area is 193 Å². The molecule has 1 fully saturated rings. The highest BCUT2D eigenvalue weighted by molar-refractivity contribution is 5.94. The van der Waals surface area contributed by atoms with Crippen molar-refractivity contribution in [3.05, 3.63) is 59.7 Å². The van der Waals surface area contributed by atoms with Crippen molar-refractivity contribution in [1.29, 1.82) is 0 Å². The first kappa shape index (κ1) is 22.8. The van der Waals surface area contributed by atoms with E-state index in [1.54, 1.807) is 23.1 Å². The number of hydrogen-bond acceptors (Lipinski definition) is 3. The fourth-order valence-corrected chi connectivity index (χ4v) is 4.32. The normalized spacial score (nSPS) is 14.5. The minimum atomic E-state index is -0.254. The van der Waals surface area contributed by atoms with E-state index in [-0.39, 0.29) is 23.7 Å². The fourth-order valence-electron chi connectivity index (χ4n) is 4.32. The lowest BCUT2D eigenvalue weighted by Crippen LogP contribution is -2.47. The largest absolute Gasteiger partial charge is 0.342 e. The van der Waals surface area contributed by atoms with Gasteiger partial charge in [-0.2, -0.15) is 0 Å². The summed E-state index contributed by atoms with van der Waals surface area (Å²) in [7, 11) is 0. The van der Waals surface area contributed by atoms with Gasteiger partial charge >= 0.3 is 6.03 Å². The fraction of sp³-hybridized carbons (Fsp3) is 0.400. The number of rotatable bonds is 6. The van der Waals surface area contributed by atoms with Crippen molar-refractivity contribution in [3.8, 4) is 0 Å². The van der Waals surface area contributed by atoms with E-state index >= 15 is 0 Å². The zero-order valence-corrected chi connectivity index (χ0v) is 19.1. The van der Waals surface area contributed by atoms with Gasteiger partial charge < -0.3 is 20.1 Å². The number of H-pyrrole nitrogens is 1. The molecule has 8 heteroatoms. The van der Waals surface area contributed by atoms with Crippen LogP contribution in [0.5, 0.6) is 0 Å². The van der Waals surface area contributed by atoms with Crippen LogP contribution >= 0.6 is 0 Å². The van der Waals surface area contributed by atoms with Gasteiger partial charge in [0.05, 0.1) is 11.0 Å². The van der Waals surface area contributed by atoms with Crippen molar-refractivity contribution in [2.24, 2.45) is 5.92 Å². The number of nitrogens with one attached hydrogen (secondary N) is 2. The van der Waals surface area contributed by atoms with Crippen LogP contribution in [-0.2, 0) is 11.2 Å². The Morgan fingerprint density at radius 3 is 2.58 bits per heavy atom. The van der Waals surface area contributed by atoms with Gasteiger partial charge in [0.2, 0.25) is 5.91 Å². The molecule has 0 spiro atoms. The molecule has 2 N–H and O–H groups in total. The maximum Gasteiger partial charge on any atom is 0.319 e. The molecule has 1 aliphatic rings. The monoisotopic (exact) mass is 451 g/mol. The summed E-state index contributed by atoms with van der Waals surface area (Å²) in [5.41, 5.74) is 2.83. The van der Waals surface area contributed by atoms with Crippen LogP contribution in [0.15, 0.2) is 42.5 Å². The molecule has 3 aromatic rings. The van der Waals surface area contributed by atoms with Gasteiger partial charge in [-0.15, -0.1) is 0 Å². The molecule has 0 radical (unpaired) electrons. The lowest BCUT2D eigenvalue weighted by molar-refractivity contribution is -0.121. The third kappa shape index (κ3) is 5.16. The van der Waals surface area contributed by atoms with Gasteiger partial charge in [0.15, 0.2) is 0 Å². The average molecular weight is 452 g/mol. The summed E-state index contributed by atoms with van der Waals surface area (Å²) in [6, 6.07) is 12.2. The van der Waals surface area contributed by atoms with E-state index in [9.17, 15) is 14.0 Å². The zero-order chi connectivity index (χ0) is 23.4. The summed E-state index contributed by atoms with van der Waals surface area (Å²) in [4.78, 5) is 36.7. The third-order valence-electron chi connectivity index (χ3n) is 6.28. The van der Waals surface area contributed by atoms with Crippen LogP contribution in [0.25, 0.3) is 11.0 Å². The van der Waals surface area contributed by atoms with E-state index in [2.05, 4.69) is 15.3 Å². The first-order chi connectivity index (χ1) is 16.0. The van der Waals surface area contributed by atoms with E-state index in [0.717, 1.165) is 11.0 Å². The van der Waals surface area contributed by atoms with Crippen molar-refractivity contribution in [2.75, 3.05) is 31.5 Å². The van der Waals surface area contributed by atoms with Crippen molar-refractivity contribution in [1.82, 2.24) is 19.8 Å². The van der Waals surface area contributed by atoms with E-state index in [4.69, 9.17) is 0 Å². The van der Waals surface area contributed by atoms with E-state index in [0.29, 0.717) is 62.5 Å². The highest BCUT2D eigenvalue weighted by atomic mass is 19.1. The summed E-state index contributed by atoms with van der Waals surface area (Å²) in [6.07, 6.45) is 1.67. The summed E-state index contributed by atoms with van der Waals surface area (Å²) in [5, 5.41) is 3.00. The molecule has 0 unspecified atom stereocenters. The summed E-state index contributed by atoms with van der Waals surface area (Å²) in [6.45, 7) is 6.50. The lowest BCUT2D eigenvalue weighted by Gasteiger charge is -2.34. The standard InChI is InChI=1S/C25H30FN5O2/c1-3-30(4-2)25(33)31-13-11-17(12-14-31)24(32)27-19-9-10-21-22(16-19)29-23(28-21)15-18-7-5-6-8-20(18)26/h5-10,16-17H,3-4,11-15H2,1-2H3,(H,27,32)(H,28,29). The predicted molar refractivity (Wildman–Crippen MR) is 127 cm³/mol. The molecular formula is C25H30FN5O2. The van der Waals surface area contributed by atoms with E-state index in [1.165, 1.54) is 6.07 Å². The maximum atomic E-state index is 13.9. The quantitative estimate of drug-likeness (QED) is 0.583. The van der Waals surface area contributed by atoms with Gasteiger partial charge in [0, 0.05) is 44.2 Å². The first-order valence-corrected chi connectivity index (χ1v) is 11.5. The van der Waals surface area contributed by atoms with Crippen LogP contribution < -0.4 is 5.32 Å². The summed E-state index contributed by atoms with van der Waals surface area (Å²) < 4.78 is 13.9. The number of aromatic amines is 1. The number of urea groups is 1. The number of benzene rings is 2. The number of halogens is 1. The first-order valence-electron chi connectivity index (χ1n) is 11.5. The van der Waals surface area contributed by atoms with Gasteiger partial charge in [-0.1, -0.05) is 18.2 Å². The number of likely N-dealkylation sites (tertiary alicyclic amines) is 1. The van der Waals surface area contributed by atoms with Gasteiger partial charge in [0.25, 0.3) is 0 Å². The zero-order valence-electron chi connectivity index (χ0n) is 19.1. The smallest absolute Gasteiger partial charge is 0.319 e. The molecule has 33 heavy (non-hydrogen) atoms. The van der Waals surface area contributed by atoms with Crippen molar-refractivity contribution in [2.45, 2.75) is 33.1 Å². The van der Waals surface area contributed by atoms with Crippen LogP contribution in [0.1, 0.15) is 38.1 Å². The number of imidazole rings is 1. The SMILES string of the molecule is CCN(CC)C(=O)N1CCC(C(=O)Nc2ccc3nc(Cc4ccccc4F)[nH]c3c2)CC1. The second-order valence-electron chi connectivity index (χ2n) is 8.39.